The van der Waals surface area contributed by atoms with E-state index in [0.717, 1.165) is 12.7 Å². The molecule has 10 heteroatoms. The molecule has 17 heavy (non-hydrogen) atoms. The van der Waals surface area contributed by atoms with E-state index in [1.165, 1.54) is 0 Å². The summed E-state index contributed by atoms with van der Waals surface area (Å²) in [7, 11) is 0. The van der Waals surface area contributed by atoms with Gasteiger partial charge in [0.2, 0.25) is 17.4 Å². The Bertz CT molecular complexity index is 530. The van der Waals surface area contributed by atoms with Crippen LogP contribution in [0.2, 0.25) is 5.15 Å². The van der Waals surface area contributed by atoms with Crippen LogP contribution in [0.1, 0.15) is 5.82 Å². The van der Waals surface area contributed by atoms with Gasteiger partial charge in [0.05, 0.1) is 11.5 Å². The molecule has 2 rings (SSSR count). The zero-order valence-corrected chi connectivity index (χ0v) is 8.96. The highest BCUT2D eigenvalue weighted by molar-refractivity contribution is 6.31. The number of nitrogens with one attached hydrogen (secondary N) is 1. The molecule has 0 saturated heterocycles. The van der Waals surface area contributed by atoms with E-state index in [0.29, 0.717) is 5.82 Å². The lowest BCUT2D eigenvalue weighted by Gasteiger charge is -2.03. The van der Waals surface area contributed by atoms with Gasteiger partial charge in [0.25, 0.3) is 0 Å². The Balaban J connectivity index is 2.21. The van der Waals surface area contributed by atoms with Gasteiger partial charge in [0, 0.05) is 0 Å². The predicted octanol–water partition coefficient (Wildman–Crippen LogP) is 1.03. The van der Waals surface area contributed by atoms with Gasteiger partial charge in [-0.15, -0.1) is 0 Å². The first kappa shape index (κ1) is 11.2. The maximum atomic E-state index is 10.8. The van der Waals surface area contributed by atoms with Gasteiger partial charge < -0.3 is 9.84 Å². The van der Waals surface area contributed by atoms with Gasteiger partial charge in [0.15, 0.2) is 5.82 Å². The Morgan fingerprint density at radius 1 is 1.47 bits per heavy atom. The first-order valence-corrected chi connectivity index (χ1v) is 4.70. The van der Waals surface area contributed by atoms with Crippen LogP contribution in [0.25, 0.3) is 0 Å². The van der Waals surface area contributed by atoms with Gasteiger partial charge in [-0.1, -0.05) is 16.8 Å². The van der Waals surface area contributed by atoms with Gasteiger partial charge >= 0.3 is 5.69 Å². The molecule has 0 bridgehead atoms. The number of rotatable bonds is 4. The van der Waals surface area contributed by atoms with Crippen molar-refractivity contribution in [1.82, 2.24) is 20.1 Å². The molecule has 9 nitrogen and oxygen atoms in total. The van der Waals surface area contributed by atoms with Crippen LogP contribution < -0.4 is 5.32 Å². The molecule has 0 aliphatic heterocycles. The number of halogens is 1. The lowest BCUT2D eigenvalue weighted by atomic mass is 10.4. The van der Waals surface area contributed by atoms with Crippen molar-refractivity contribution in [3.05, 3.63) is 33.8 Å². The van der Waals surface area contributed by atoms with Crippen molar-refractivity contribution in [3.63, 3.8) is 0 Å². The van der Waals surface area contributed by atoms with Gasteiger partial charge in [-0.05, 0) is 0 Å². The van der Waals surface area contributed by atoms with Crippen molar-refractivity contribution in [2.45, 2.75) is 6.54 Å². The van der Waals surface area contributed by atoms with E-state index in [1.54, 1.807) is 0 Å². The average molecular weight is 257 g/mol. The third-order valence-electron chi connectivity index (χ3n) is 1.78. The summed E-state index contributed by atoms with van der Waals surface area (Å²) in [6.07, 6.45) is 2.27. The summed E-state index contributed by atoms with van der Waals surface area (Å²) in [6.45, 7) is 0.130. The standard InChI is InChI=1S/C7H5ClN6O3/c8-6-5(14(15)16)7(11-2-10-6)9-1-4-12-3-17-13-4/h2-3H,1H2,(H,9,10,11). The number of anilines is 1. The first-order valence-electron chi connectivity index (χ1n) is 4.32. The molecule has 0 aliphatic rings. The molecule has 2 heterocycles. The lowest BCUT2D eigenvalue weighted by molar-refractivity contribution is -0.384. The largest absolute Gasteiger partial charge is 0.357 e. The third-order valence-corrected chi connectivity index (χ3v) is 2.06. The highest BCUT2D eigenvalue weighted by Gasteiger charge is 2.21. The molecular formula is C7H5ClN6O3. The van der Waals surface area contributed by atoms with Crippen molar-refractivity contribution >= 4 is 23.1 Å². The van der Waals surface area contributed by atoms with Crippen molar-refractivity contribution in [2.75, 3.05) is 5.32 Å². The summed E-state index contributed by atoms with van der Waals surface area (Å²) < 4.78 is 4.51. The molecule has 0 fully saturated rings. The minimum atomic E-state index is -0.666. The average Bonchev–Trinajstić information content (AvgIpc) is 2.78. The van der Waals surface area contributed by atoms with Crippen molar-refractivity contribution in [3.8, 4) is 0 Å². The van der Waals surface area contributed by atoms with Gasteiger partial charge in [-0.25, -0.2) is 9.97 Å². The number of nitrogens with zero attached hydrogens (tertiary/aromatic N) is 5. The number of nitro groups is 1. The molecule has 0 saturated carbocycles. The van der Waals surface area contributed by atoms with E-state index >= 15 is 0 Å². The summed E-state index contributed by atoms with van der Waals surface area (Å²) in [4.78, 5) is 21.1. The molecular weight excluding hydrogens is 252 g/mol. The summed E-state index contributed by atoms with van der Waals surface area (Å²) in [5, 5.41) is 16.7. The Morgan fingerprint density at radius 3 is 2.94 bits per heavy atom. The van der Waals surface area contributed by atoms with Crippen molar-refractivity contribution < 1.29 is 9.45 Å². The van der Waals surface area contributed by atoms with Crippen molar-refractivity contribution in [1.29, 1.82) is 0 Å². The molecule has 0 spiro atoms. The number of aromatic nitrogens is 4. The van der Waals surface area contributed by atoms with Crippen LogP contribution in [0.5, 0.6) is 0 Å². The number of hydrogen-bond donors (Lipinski definition) is 1. The van der Waals surface area contributed by atoms with E-state index in [9.17, 15) is 10.1 Å². The molecule has 1 N–H and O–H groups in total. The van der Waals surface area contributed by atoms with Gasteiger partial charge in [0.1, 0.15) is 6.33 Å². The molecule has 0 radical (unpaired) electrons. The monoisotopic (exact) mass is 256 g/mol. The Morgan fingerprint density at radius 2 is 2.29 bits per heavy atom. The normalized spacial score (nSPS) is 10.2. The zero-order valence-electron chi connectivity index (χ0n) is 8.20. The highest BCUT2D eigenvalue weighted by atomic mass is 35.5. The van der Waals surface area contributed by atoms with Crippen LogP contribution in [-0.4, -0.2) is 25.0 Å². The van der Waals surface area contributed by atoms with E-state index in [4.69, 9.17) is 11.6 Å². The molecule has 0 unspecified atom stereocenters. The lowest BCUT2D eigenvalue weighted by Crippen LogP contribution is -2.06. The molecule has 0 amide bonds. The van der Waals surface area contributed by atoms with E-state index in [2.05, 4.69) is 29.9 Å². The molecule has 0 atom stereocenters. The Kier molecular flexibility index (Phi) is 3.10. The number of hydrogen-bond acceptors (Lipinski definition) is 8. The SMILES string of the molecule is O=[N+]([O-])c1c(Cl)ncnc1NCc1ncon1. The summed E-state index contributed by atoms with van der Waals surface area (Å²) in [5.74, 6) is 0.342. The maximum Gasteiger partial charge on any atom is 0.348 e. The van der Waals surface area contributed by atoms with Gasteiger partial charge in [-0.3, -0.25) is 10.1 Å². The molecule has 88 valence electrons. The minimum Gasteiger partial charge on any atom is -0.357 e. The molecule has 0 aliphatic carbocycles. The Labute approximate surface area is 99.0 Å². The fourth-order valence-corrected chi connectivity index (χ4v) is 1.28. The fraction of sp³-hybridized carbons (Fsp3) is 0.143. The van der Waals surface area contributed by atoms with Crippen LogP contribution >= 0.6 is 11.6 Å². The molecule has 0 aromatic carbocycles. The van der Waals surface area contributed by atoms with Crippen molar-refractivity contribution in [2.24, 2.45) is 0 Å². The predicted molar refractivity (Wildman–Crippen MR) is 55.3 cm³/mol. The van der Waals surface area contributed by atoms with E-state index in [1.807, 2.05) is 0 Å². The molecule has 2 aromatic heterocycles. The first-order chi connectivity index (χ1) is 8.18. The summed E-state index contributed by atoms with van der Waals surface area (Å²) in [6, 6.07) is 0. The minimum absolute atomic E-state index is 0.000185. The second kappa shape index (κ2) is 4.70. The maximum absolute atomic E-state index is 10.8. The van der Waals surface area contributed by atoms with E-state index < -0.39 is 10.6 Å². The Hall–Kier alpha value is -2.29. The second-order valence-corrected chi connectivity index (χ2v) is 3.18. The van der Waals surface area contributed by atoms with Crippen LogP contribution in [0.4, 0.5) is 11.5 Å². The molecule has 2 aromatic rings. The van der Waals surface area contributed by atoms with Crippen LogP contribution in [0.3, 0.4) is 0 Å². The van der Waals surface area contributed by atoms with Crippen LogP contribution in [-0.2, 0) is 6.54 Å². The fourth-order valence-electron chi connectivity index (χ4n) is 1.08. The second-order valence-electron chi connectivity index (χ2n) is 2.82. The summed E-state index contributed by atoms with van der Waals surface area (Å²) >= 11 is 5.60. The van der Waals surface area contributed by atoms with Crippen LogP contribution in [0, 0.1) is 10.1 Å². The smallest absolute Gasteiger partial charge is 0.348 e. The topological polar surface area (TPSA) is 120 Å². The highest BCUT2D eigenvalue weighted by Crippen LogP contribution is 2.28. The van der Waals surface area contributed by atoms with Crippen LogP contribution in [0.15, 0.2) is 17.2 Å². The summed E-state index contributed by atoms with van der Waals surface area (Å²) in [5.41, 5.74) is -0.391. The third kappa shape index (κ3) is 2.45. The van der Waals surface area contributed by atoms with Gasteiger partial charge in [-0.2, -0.15) is 4.98 Å². The zero-order chi connectivity index (χ0) is 12.3. The quantitative estimate of drug-likeness (QED) is 0.489. The van der Waals surface area contributed by atoms with E-state index in [-0.39, 0.29) is 17.5 Å².